The molecule has 0 fully saturated rings. The molecule has 25 heavy (non-hydrogen) atoms. The molecule has 4 rings (SSSR count). The van der Waals surface area contributed by atoms with Crippen LogP contribution in [0.3, 0.4) is 0 Å². The second-order valence-corrected chi connectivity index (χ2v) is 7.12. The first-order valence-corrected chi connectivity index (χ1v) is 8.91. The van der Waals surface area contributed by atoms with Crippen molar-refractivity contribution in [3.63, 3.8) is 0 Å². The minimum Gasteiger partial charge on any atom is -0.300 e. The molecule has 1 aliphatic heterocycles. The third kappa shape index (κ3) is 2.83. The van der Waals surface area contributed by atoms with E-state index in [-0.39, 0.29) is 5.56 Å². The first kappa shape index (κ1) is 16.2. The smallest absolute Gasteiger partial charge is 0.273 e. The molecule has 0 unspecified atom stereocenters. The lowest BCUT2D eigenvalue weighted by Crippen LogP contribution is -2.18. The van der Waals surface area contributed by atoms with Gasteiger partial charge in [-0.3, -0.25) is 14.4 Å². The molecule has 0 amide bonds. The Morgan fingerprint density at radius 2 is 1.96 bits per heavy atom. The molecule has 0 bridgehead atoms. The van der Waals surface area contributed by atoms with Crippen molar-refractivity contribution in [1.82, 2.24) is 9.55 Å². The van der Waals surface area contributed by atoms with E-state index in [1.807, 2.05) is 54.0 Å². The highest BCUT2D eigenvalue weighted by Gasteiger charge is 2.22. The van der Waals surface area contributed by atoms with E-state index in [9.17, 15) is 4.79 Å². The van der Waals surface area contributed by atoms with Crippen molar-refractivity contribution in [1.29, 1.82) is 0 Å². The van der Waals surface area contributed by atoms with E-state index in [0.717, 1.165) is 32.7 Å². The Hall–Kier alpha value is -2.24. The predicted molar refractivity (Wildman–Crippen MR) is 103 cm³/mol. The van der Waals surface area contributed by atoms with Gasteiger partial charge in [0.15, 0.2) is 0 Å². The standard InChI is InChI=1S/C19H13BrClN3O/c1-11-8-17(25)23-16-10-22-19(12-4-2-5-13(20)9-12)18-14(21)6-3-7-15(18)24(11)16/h2-9H,10H2,1H3. The first-order valence-electron chi connectivity index (χ1n) is 7.74. The van der Waals surface area contributed by atoms with Crippen LogP contribution in [-0.4, -0.2) is 15.3 Å². The van der Waals surface area contributed by atoms with Gasteiger partial charge in [-0.25, -0.2) is 0 Å². The number of rotatable bonds is 1. The quantitative estimate of drug-likeness (QED) is 0.596. The summed E-state index contributed by atoms with van der Waals surface area (Å²) in [5.74, 6) is 0.610. The number of hydrogen-bond donors (Lipinski definition) is 0. The molecule has 0 atom stereocenters. The van der Waals surface area contributed by atoms with Crippen LogP contribution < -0.4 is 5.56 Å². The van der Waals surface area contributed by atoms with E-state index in [0.29, 0.717) is 17.4 Å². The van der Waals surface area contributed by atoms with E-state index < -0.39 is 0 Å². The molecule has 0 radical (unpaired) electrons. The Kier molecular flexibility index (Phi) is 4.06. The molecule has 6 heteroatoms. The summed E-state index contributed by atoms with van der Waals surface area (Å²) in [6.45, 7) is 2.20. The molecule has 124 valence electrons. The van der Waals surface area contributed by atoms with Crippen LogP contribution in [0.2, 0.25) is 5.02 Å². The SMILES string of the molecule is Cc1cc(=O)nc2n1-c1cccc(Cl)c1C(c1cccc(Br)c1)=NC2. The number of aromatic nitrogens is 2. The van der Waals surface area contributed by atoms with Gasteiger partial charge in [-0.1, -0.05) is 45.7 Å². The maximum atomic E-state index is 11.8. The number of nitrogens with zero attached hydrogens (tertiary/aromatic N) is 3. The average molecular weight is 415 g/mol. The Morgan fingerprint density at radius 3 is 2.76 bits per heavy atom. The molecule has 2 aromatic carbocycles. The Morgan fingerprint density at radius 1 is 1.16 bits per heavy atom. The average Bonchev–Trinajstić information content (AvgIpc) is 2.72. The van der Waals surface area contributed by atoms with Gasteiger partial charge in [-0.15, -0.1) is 0 Å². The molecule has 0 aliphatic carbocycles. The summed E-state index contributed by atoms with van der Waals surface area (Å²) >= 11 is 10.1. The van der Waals surface area contributed by atoms with E-state index in [1.165, 1.54) is 6.07 Å². The van der Waals surface area contributed by atoms with E-state index in [1.54, 1.807) is 0 Å². The van der Waals surface area contributed by atoms with Gasteiger partial charge >= 0.3 is 0 Å². The zero-order valence-corrected chi connectivity index (χ0v) is 15.7. The summed E-state index contributed by atoms with van der Waals surface area (Å²) < 4.78 is 2.92. The Bertz CT molecular complexity index is 1090. The van der Waals surface area contributed by atoms with Crippen LogP contribution in [0.25, 0.3) is 5.69 Å². The highest BCUT2D eigenvalue weighted by Crippen LogP contribution is 2.31. The normalized spacial score (nSPS) is 12.8. The van der Waals surface area contributed by atoms with Gasteiger partial charge in [0.05, 0.1) is 23.0 Å². The summed E-state index contributed by atoms with van der Waals surface area (Å²) in [5, 5.41) is 0.613. The van der Waals surface area contributed by atoms with Crippen LogP contribution >= 0.6 is 27.5 Å². The van der Waals surface area contributed by atoms with Crippen molar-refractivity contribution in [2.24, 2.45) is 4.99 Å². The van der Waals surface area contributed by atoms with Crippen molar-refractivity contribution in [2.45, 2.75) is 13.5 Å². The van der Waals surface area contributed by atoms with E-state index in [2.05, 4.69) is 20.9 Å². The molecule has 0 saturated carbocycles. The van der Waals surface area contributed by atoms with Crippen molar-refractivity contribution in [3.05, 3.63) is 91.0 Å². The van der Waals surface area contributed by atoms with Gasteiger partial charge in [-0.05, 0) is 31.2 Å². The summed E-state index contributed by atoms with van der Waals surface area (Å²) in [6, 6.07) is 15.2. The highest BCUT2D eigenvalue weighted by molar-refractivity contribution is 9.10. The molecule has 2 heterocycles. The van der Waals surface area contributed by atoms with Gasteiger partial charge in [0.1, 0.15) is 5.82 Å². The molecule has 0 spiro atoms. The molecule has 1 aliphatic rings. The van der Waals surface area contributed by atoms with Crippen molar-refractivity contribution >= 4 is 33.2 Å². The van der Waals surface area contributed by atoms with Crippen LogP contribution in [-0.2, 0) is 6.54 Å². The fraction of sp³-hybridized carbons (Fsp3) is 0.105. The maximum Gasteiger partial charge on any atom is 0.273 e. The third-order valence-corrected chi connectivity index (χ3v) is 4.94. The topological polar surface area (TPSA) is 47.2 Å². The summed E-state index contributed by atoms with van der Waals surface area (Å²) in [4.78, 5) is 20.8. The summed E-state index contributed by atoms with van der Waals surface area (Å²) in [5.41, 5.74) is 4.02. The van der Waals surface area contributed by atoms with Crippen LogP contribution in [0, 0.1) is 6.92 Å². The number of aryl methyl sites for hydroxylation is 1. The Balaban J connectivity index is 2.07. The highest BCUT2D eigenvalue weighted by atomic mass is 79.9. The fourth-order valence-electron chi connectivity index (χ4n) is 3.13. The number of hydrogen-bond acceptors (Lipinski definition) is 3. The van der Waals surface area contributed by atoms with Crippen LogP contribution in [0.5, 0.6) is 0 Å². The fourth-order valence-corrected chi connectivity index (χ4v) is 3.78. The number of benzene rings is 2. The van der Waals surface area contributed by atoms with Gasteiger partial charge < -0.3 is 0 Å². The largest absolute Gasteiger partial charge is 0.300 e. The molecule has 1 aromatic heterocycles. The lowest BCUT2D eigenvalue weighted by atomic mass is 10.0. The van der Waals surface area contributed by atoms with Crippen LogP contribution in [0.15, 0.2) is 62.8 Å². The molecule has 4 nitrogen and oxygen atoms in total. The van der Waals surface area contributed by atoms with Gasteiger partial charge in [-0.2, -0.15) is 4.98 Å². The van der Waals surface area contributed by atoms with E-state index in [4.69, 9.17) is 16.6 Å². The second-order valence-electron chi connectivity index (χ2n) is 5.80. The molecule has 3 aromatic rings. The summed E-state index contributed by atoms with van der Waals surface area (Å²) in [7, 11) is 0. The van der Waals surface area contributed by atoms with Crippen LogP contribution in [0.4, 0.5) is 0 Å². The van der Waals surface area contributed by atoms with Crippen molar-refractivity contribution < 1.29 is 0 Å². The van der Waals surface area contributed by atoms with Gasteiger partial charge in [0.2, 0.25) is 0 Å². The molecular formula is C19H13BrClN3O. The lowest BCUT2D eigenvalue weighted by Gasteiger charge is -2.17. The lowest BCUT2D eigenvalue weighted by molar-refractivity contribution is 0.795. The zero-order chi connectivity index (χ0) is 17.6. The number of aliphatic imine (C=N–C) groups is 1. The second kappa shape index (κ2) is 6.24. The van der Waals surface area contributed by atoms with E-state index >= 15 is 0 Å². The minimum absolute atomic E-state index is 0.256. The minimum atomic E-state index is -0.256. The Labute approximate surface area is 158 Å². The molecule has 0 N–H and O–H groups in total. The molecular weight excluding hydrogens is 402 g/mol. The first-order chi connectivity index (χ1) is 12.0. The number of fused-ring (bicyclic) bond motifs is 3. The third-order valence-electron chi connectivity index (χ3n) is 4.13. The zero-order valence-electron chi connectivity index (χ0n) is 13.3. The molecule has 0 saturated heterocycles. The van der Waals surface area contributed by atoms with Crippen LogP contribution in [0.1, 0.15) is 22.6 Å². The maximum absolute atomic E-state index is 11.8. The van der Waals surface area contributed by atoms with Gasteiger partial charge in [0.25, 0.3) is 5.56 Å². The number of halogens is 2. The van der Waals surface area contributed by atoms with Crippen molar-refractivity contribution in [2.75, 3.05) is 0 Å². The van der Waals surface area contributed by atoms with Gasteiger partial charge in [0, 0.05) is 27.4 Å². The van der Waals surface area contributed by atoms with Crippen molar-refractivity contribution in [3.8, 4) is 5.69 Å². The monoisotopic (exact) mass is 413 g/mol. The predicted octanol–water partition coefficient (Wildman–Crippen LogP) is 4.31. The summed E-state index contributed by atoms with van der Waals surface area (Å²) in [6.07, 6.45) is 0.